The zero-order valence-electron chi connectivity index (χ0n) is 7.79. The van der Waals surface area contributed by atoms with Crippen molar-refractivity contribution in [2.45, 2.75) is 12.3 Å². The highest BCUT2D eigenvalue weighted by Crippen LogP contribution is 2.35. The Morgan fingerprint density at radius 3 is 2.33 bits per heavy atom. The lowest BCUT2D eigenvalue weighted by molar-refractivity contribution is -0.0967. The van der Waals surface area contributed by atoms with Gasteiger partial charge in [0.05, 0.1) is 12.2 Å². The van der Waals surface area contributed by atoms with Gasteiger partial charge in [-0.05, 0) is 11.6 Å². The van der Waals surface area contributed by atoms with Gasteiger partial charge in [-0.25, -0.2) is 0 Å². The molecule has 0 amide bonds. The normalized spacial score (nSPS) is 21.5. The fraction of sp³-hybridized carbons (Fsp3) is 0.273. The highest BCUT2D eigenvalue weighted by molar-refractivity contribution is 5.27. The van der Waals surface area contributed by atoms with Gasteiger partial charge in [0.25, 0.3) is 0 Å². The zero-order chi connectivity index (χ0) is 10.9. The van der Waals surface area contributed by atoms with Crippen LogP contribution in [0.1, 0.15) is 11.7 Å². The fourth-order valence-corrected chi connectivity index (χ4v) is 1.47. The molecule has 1 heterocycles. The molecule has 0 radical (unpaired) electrons. The zero-order valence-corrected chi connectivity index (χ0v) is 7.79. The van der Waals surface area contributed by atoms with Gasteiger partial charge in [-0.15, -0.1) is 0 Å². The van der Waals surface area contributed by atoms with E-state index in [-0.39, 0.29) is 6.61 Å². The molecule has 0 fully saturated rings. The number of hydrogen-bond acceptors (Lipinski definition) is 1. The van der Waals surface area contributed by atoms with E-state index >= 15 is 0 Å². The molecule has 1 aromatic rings. The van der Waals surface area contributed by atoms with Crippen LogP contribution >= 0.6 is 0 Å². The van der Waals surface area contributed by atoms with Crippen molar-refractivity contribution in [3.8, 4) is 0 Å². The Labute approximate surface area is 85.2 Å². The van der Waals surface area contributed by atoms with Crippen LogP contribution in [0.25, 0.3) is 0 Å². The number of alkyl halides is 3. The summed E-state index contributed by atoms with van der Waals surface area (Å²) in [5.74, 6) is 0. The summed E-state index contributed by atoms with van der Waals surface area (Å²) in [6, 6.07) is 8.87. The number of halogens is 3. The summed E-state index contributed by atoms with van der Waals surface area (Å²) >= 11 is 0. The first-order valence-electron chi connectivity index (χ1n) is 4.52. The Balaban J connectivity index is 2.20. The Bertz CT molecular complexity index is 367. The number of benzene rings is 1. The van der Waals surface area contributed by atoms with E-state index in [1.54, 1.807) is 24.3 Å². The highest BCUT2D eigenvalue weighted by atomic mass is 19.4. The first-order valence-corrected chi connectivity index (χ1v) is 4.52. The van der Waals surface area contributed by atoms with E-state index in [9.17, 15) is 13.2 Å². The smallest absolute Gasteiger partial charge is 0.365 e. The van der Waals surface area contributed by atoms with E-state index in [2.05, 4.69) is 0 Å². The van der Waals surface area contributed by atoms with Crippen molar-refractivity contribution in [3.63, 3.8) is 0 Å². The molecular formula is C11H9F3O. The standard InChI is InChI=1S/C11H9F3O/c12-11(13,14)9-6-10(15-7-9)8-4-2-1-3-5-8/h1-6,10H,7H2. The summed E-state index contributed by atoms with van der Waals surface area (Å²) in [5, 5.41) is 0. The summed E-state index contributed by atoms with van der Waals surface area (Å²) in [4.78, 5) is 0. The van der Waals surface area contributed by atoms with Crippen LogP contribution in [0, 0.1) is 0 Å². The van der Waals surface area contributed by atoms with Crippen molar-refractivity contribution in [1.29, 1.82) is 0 Å². The molecule has 1 nitrogen and oxygen atoms in total. The van der Waals surface area contributed by atoms with Gasteiger partial charge in [0.1, 0.15) is 6.10 Å². The molecule has 0 saturated heterocycles. The molecule has 4 heteroatoms. The van der Waals surface area contributed by atoms with E-state index in [0.717, 1.165) is 11.6 Å². The molecular weight excluding hydrogens is 205 g/mol. The molecule has 1 unspecified atom stereocenters. The van der Waals surface area contributed by atoms with Crippen LogP contribution in [0.4, 0.5) is 13.2 Å². The SMILES string of the molecule is FC(F)(F)C1=CC(c2ccccc2)OC1. The number of rotatable bonds is 1. The van der Waals surface area contributed by atoms with Crippen molar-refractivity contribution in [2.75, 3.05) is 6.61 Å². The van der Waals surface area contributed by atoms with Crippen LogP contribution in [-0.4, -0.2) is 12.8 Å². The molecule has 1 atom stereocenters. The van der Waals surface area contributed by atoms with E-state index < -0.39 is 17.9 Å². The molecule has 0 spiro atoms. The predicted octanol–water partition coefficient (Wildman–Crippen LogP) is 3.25. The first kappa shape index (κ1) is 10.2. The molecule has 0 N–H and O–H groups in total. The van der Waals surface area contributed by atoms with Gasteiger partial charge in [-0.2, -0.15) is 13.2 Å². The van der Waals surface area contributed by atoms with Crippen molar-refractivity contribution in [2.24, 2.45) is 0 Å². The number of hydrogen-bond donors (Lipinski definition) is 0. The minimum Gasteiger partial charge on any atom is -0.365 e. The van der Waals surface area contributed by atoms with Crippen LogP contribution in [0.3, 0.4) is 0 Å². The lowest BCUT2D eigenvalue weighted by Gasteiger charge is -2.06. The summed E-state index contributed by atoms with van der Waals surface area (Å²) < 4.78 is 42.0. The van der Waals surface area contributed by atoms with Crippen LogP contribution in [0.5, 0.6) is 0 Å². The van der Waals surface area contributed by atoms with Gasteiger partial charge in [0.15, 0.2) is 0 Å². The van der Waals surface area contributed by atoms with E-state index in [4.69, 9.17) is 4.74 Å². The fourth-order valence-electron chi connectivity index (χ4n) is 1.47. The van der Waals surface area contributed by atoms with Crippen LogP contribution in [0.2, 0.25) is 0 Å². The summed E-state index contributed by atoms with van der Waals surface area (Å²) in [5.41, 5.74) is 0.146. The van der Waals surface area contributed by atoms with Gasteiger partial charge >= 0.3 is 6.18 Å². The molecule has 0 aromatic heterocycles. The lowest BCUT2D eigenvalue weighted by Crippen LogP contribution is -2.12. The maximum Gasteiger partial charge on any atom is 0.414 e. The second kappa shape index (κ2) is 3.70. The maximum absolute atomic E-state index is 12.3. The first-order chi connectivity index (χ1) is 7.07. The molecule has 0 saturated carbocycles. The largest absolute Gasteiger partial charge is 0.414 e. The van der Waals surface area contributed by atoms with Gasteiger partial charge in [0.2, 0.25) is 0 Å². The predicted molar refractivity (Wildman–Crippen MR) is 49.3 cm³/mol. The van der Waals surface area contributed by atoms with E-state index in [0.29, 0.717) is 0 Å². The van der Waals surface area contributed by atoms with Crippen molar-refractivity contribution in [3.05, 3.63) is 47.5 Å². The Morgan fingerprint density at radius 1 is 1.13 bits per heavy atom. The summed E-state index contributed by atoms with van der Waals surface area (Å²) in [6.45, 7) is -0.358. The molecule has 1 aromatic carbocycles. The second-order valence-corrected chi connectivity index (χ2v) is 3.33. The molecule has 80 valence electrons. The van der Waals surface area contributed by atoms with Gasteiger partial charge < -0.3 is 4.74 Å². The molecule has 1 aliphatic heterocycles. The van der Waals surface area contributed by atoms with Gasteiger partial charge in [-0.1, -0.05) is 30.3 Å². The molecule has 0 aliphatic carbocycles. The van der Waals surface area contributed by atoms with Crippen LogP contribution in [0.15, 0.2) is 42.0 Å². The Kier molecular flexibility index (Phi) is 2.52. The van der Waals surface area contributed by atoms with Gasteiger partial charge in [-0.3, -0.25) is 0 Å². The molecule has 2 rings (SSSR count). The molecule has 0 bridgehead atoms. The second-order valence-electron chi connectivity index (χ2n) is 3.33. The van der Waals surface area contributed by atoms with E-state index in [1.165, 1.54) is 0 Å². The monoisotopic (exact) mass is 214 g/mol. The summed E-state index contributed by atoms with van der Waals surface area (Å²) in [7, 11) is 0. The molecule has 15 heavy (non-hydrogen) atoms. The third kappa shape index (κ3) is 2.21. The average molecular weight is 214 g/mol. The topological polar surface area (TPSA) is 9.23 Å². The minimum atomic E-state index is -4.27. The maximum atomic E-state index is 12.3. The minimum absolute atomic E-state index is 0.358. The van der Waals surface area contributed by atoms with E-state index in [1.807, 2.05) is 6.07 Å². The Hall–Kier alpha value is -1.29. The van der Waals surface area contributed by atoms with Crippen molar-refractivity contribution in [1.82, 2.24) is 0 Å². The average Bonchev–Trinajstić information content (AvgIpc) is 2.67. The number of ether oxygens (including phenoxy) is 1. The Morgan fingerprint density at radius 2 is 1.80 bits per heavy atom. The summed E-state index contributed by atoms with van der Waals surface area (Å²) in [6.07, 6.45) is -3.71. The van der Waals surface area contributed by atoms with Gasteiger partial charge in [0, 0.05) is 0 Å². The van der Waals surface area contributed by atoms with Crippen molar-refractivity contribution >= 4 is 0 Å². The lowest BCUT2D eigenvalue weighted by atomic mass is 10.1. The third-order valence-corrected chi connectivity index (χ3v) is 2.26. The quantitative estimate of drug-likeness (QED) is 0.652. The third-order valence-electron chi connectivity index (χ3n) is 2.26. The highest BCUT2D eigenvalue weighted by Gasteiger charge is 2.37. The molecule has 1 aliphatic rings. The van der Waals surface area contributed by atoms with Crippen LogP contribution in [-0.2, 0) is 4.74 Å². The van der Waals surface area contributed by atoms with Crippen molar-refractivity contribution < 1.29 is 17.9 Å². The van der Waals surface area contributed by atoms with Crippen LogP contribution < -0.4 is 0 Å².